The Bertz CT molecular complexity index is 337. The van der Waals surface area contributed by atoms with Crippen LogP contribution in [0.3, 0.4) is 0 Å². The molecule has 0 radical (unpaired) electrons. The van der Waals surface area contributed by atoms with Gasteiger partial charge >= 0.3 is 0 Å². The van der Waals surface area contributed by atoms with Crippen molar-refractivity contribution in [1.82, 2.24) is 5.32 Å². The maximum Gasteiger partial charge on any atom is 0.261 e. The van der Waals surface area contributed by atoms with Gasteiger partial charge in [0.05, 0.1) is 21.9 Å². The summed E-state index contributed by atoms with van der Waals surface area (Å²) in [5.74, 6) is -0.188. The number of ether oxygens (including phenoxy) is 1. The van der Waals surface area contributed by atoms with E-state index in [4.69, 9.17) is 21.4 Å². The number of hydrogen-bond acceptors (Lipinski definition) is 4. The van der Waals surface area contributed by atoms with E-state index in [1.807, 2.05) is 0 Å². The second kappa shape index (κ2) is 6.85. The second-order valence-electron chi connectivity index (χ2n) is 3.24. The van der Waals surface area contributed by atoms with Gasteiger partial charge in [-0.2, -0.15) is 0 Å². The average Bonchev–Trinajstić information content (AvgIpc) is 2.65. The first-order valence-corrected chi connectivity index (χ1v) is 6.02. The van der Waals surface area contributed by atoms with Gasteiger partial charge in [-0.25, -0.2) is 0 Å². The molecule has 0 saturated carbocycles. The third kappa shape index (κ3) is 4.09. The molecule has 90 valence electrons. The fourth-order valence-corrected chi connectivity index (χ4v) is 2.19. The number of carbonyl (C=O) groups is 1. The van der Waals surface area contributed by atoms with Crippen molar-refractivity contribution in [3.63, 3.8) is 0 Å². The normalized spacial score (nSPS) is 12.4. The second-order valence-corrected chi connectivity index (χ2v) is 4.96. The van der Waals surface area contributed by atoms with E-state index < -0.39 is 0 Å². The molecule has 1 rings (SSSR count). The zero-order valence-corrected chi connectivity index (χ0v) is 10.5. The minimum Gasteiger partial charge on any atom is -0.396 e. The number of aliphatic hydroxyl groups excluding tert-OH is 1. The van der Waals surface area contributed by atoms with Gasteiger partial charge in [0.1, 0.15) is 0 Å². The van der Waals surface area contributed by atoms with Crippen LogP contribution in [0.15, 0.2) is 12.1 Å². The first kappa shape index (κ1) is 13.4. The lowest BCUT2D eigenvalue weighted by Gasteiger charge is -2.15. The van der Waals surface area contributed by atoms with E-state index in [2.05, 4.69) is 5.32 Å². The molecule has 1 heterocycles. The number of amides is 1. The van der Waals surface area contributed by atoms with Gasteiger partial charge in [0.15, 0.2) is 0 Å². The minimum absolute atomic E-state index is 0.0134. The molecule has 6 heteroatoms. The van der Waals surface area contributed by atoms with E-state index in [1.165, 1.54) is 11.3 Å². The van der Waals surface area contributed by atoms with Crippen LogP contribution in [0.5, 0.6) is 0 Å². The Labute approximate surface area is 103 Å². The van der Waals surface area contributed by atoms with E-state index in [1.54, 1.807) is 19.2 Å². The topological polar surface area (TPSA) is 58.6 Å². The molecule has 16 heavy (non-hydrogen) atoms. The van der Waals surface area contributed by atoms with Crippen molar-refractivity contribution in [1.29, 1.82) is 0 Å². The Morgan fingerprint density at radius 1 is 1.69 bits per heavy atom. The molecule has 1 aromatic heterocycles. The summed E-state index contributed by atoms with van der Waals surface area (Å²) in [7, 11) is 1.55. The number of hydrogen-bond donors (Lipinski definition) is 2. The van der Waals surface area contributed by atoms with E-state index in [-0.39, 0.29) is 18.6 Å². The van der Waals surface area contributed by atoms with E-state index in [0.29, 0.717) is 22.2 Å². The summed E-state index contributed by atoms with van der Waals surface area (Å²) in [6.45, 7) is 0.394. The smallest absolute Gasteiger partial charge is 0.261 e. The van der Waals surface area contributed by atoms with Crippen molar-refractivity contribution in [2.24, 2.45) is 0 Å². The summed E-state index contributed by atoms with van der Waals surface area (Å²) in [5.41, 5.74) is 0. The lowest BCUT2D eigenvalue weighted by atomic mass is 10.2. The number of carbonyl (C=O) groups excluding carboxylic acids is 1. The highest BCUT2D eigenvalue weighted by molar-refractivity contribution is 7.17. The highest BCUT2D eigenvalue weighted by Crippen LogP contribution is 2.21. The Kier molecular flexibility index (Phi) is 5.76. The minimum atomic E-state index is -0.188. The third-order valence-corrected chi connectivity index (χ3v) is 3.21. The van der Waals surface area contributed by atoms with Gasteiger partial charge in [-0.1, -0.05) is 11.6 Å². The Balaban J connectivity index is 2.54. The molecule has 0 fully saturated rings. The molecule has 1 amide bonds. The third-order valence-electron chi connectivity index (χ3n) is 1.98. The van der Waals surface area contributed by atoms with Gasteiger partial charge < -0.3 is 15.2 Å². The van der Waals surface area contributed by atoms with Crippen LogP contribution in [0.2, 0.25) is 4.34 Å². The van der Waals surface area contributed by atoms with E-state index >= 15 is 0 Å². The van der Waals surface area contributed by atoms with Crippen molar-refractivity contribution in [2.75, 3.05) is 20.3 Å². The highest BCUT2D eigenvalue weighted by atomic mass is 35.5. The maximum atomic E-state index is 11.7. The van der Waals surface area contributed by atoms with Crippen molar-refractivity contribution in [3.8, 4) is 0 Å². The van der Waals surface area contributed by atoms with Crippen LogP contribution < -0.4 is 5.32 Å². The van der Waals surface area contributed by atoms with E-state index in [0.717, 1.165) is 0 Å². The molecule has 2 N–H and O–H groups in total. The molecule has 0 spiro atoms. The molecule has 1 aromatic rings. The molecule has 0 aliphatic rings. The largest absolute Gasteiger partial charge is 0.396 e. The number of thiophene rings is 1. The van der Waals surface area contributed by atoms with Crippen molar-refractivity contribution < 1.29 is 14.6 Å². The number of aliphatic hydroxyl groups is 1. The standard InChI is InChI=1S/C10H14ClNO3S/c1-15-6-7(4-5-13)12-10(14)8-2-3-9(11)16-8/h2-3,7,13H,4-6H2,1H3,(H,12,14). The summed E-state index contributed by atoms with van der Waals surface area (Å²) in [4.78, 5) is 12.3. The zero-order chi connectivity index (χ0) is 12.0. The molecule has 1 unspecified atom stereocenters. The van der Waals surface area contributed by atoms with Crippen molar-refractivity contribution in [3.05, 3.63) is 21.3 Å². The predicted octanol–water partition coefficient (Wildman–Crippen LogP) is 1.53. The zero-order valence-electron chi connectivity index (χ0n) is 8.90. The molecule has 0 saturated heterocycles. The Morgan fingerprint density at radius 3 is 2.94 bits per heavy atom. The molecule has 0 aromatic carbocycles. The lowest BCUT2D eigenvalue weighted by Crippen LogP contribution is -2.38. The summed E-state index contributed by atoms with van der Waals surface area (Å²) in [6.07, 6.45) is 0.471. The number of methoxy groups -OCH3 is 1. The molecule has 0 aliphatic carbocycles. The SMILES string of the molecule is COCC(CCO)NC(=O)c1ccc(Cl)s1. The van der Waals surface area contributed by atoms with Crippen LogP contribution in [0, 0.1) is 0 Å². The van der Waals surface area contributed by atoms with Crippen LogP contribution in [0.4, 0.5) is 0 Å². The van der Waals surface area contributed by atoms with Crippen LogP contribution in [-0.2, 0) is 4.74 Å². The summed E-state index contributed by atoms with van der Waals surface area (Å²) >= 11 is 6.96. The predicted molar refractivity (Wildman–Crippen MR) is 64.2 cm³/mol. The van der Waals surface area contributed by atoms with Crippen LogP contribution in [0.1, 0.15) is 16.1 Å². The number of halogens is 1. The average molecular weight is 264 g/mol. The molecule has 1 atom stereocenters. The summed E-state index contributed by atoms with van der Waals surface area (Å²) in [5, 5.41) is 11.6. The molecule has 0 bridgehead atoms. The van der Waals surface area contributed by atoms with Crippen LogP contribution >= 0.6 is 22.9 Å². The maximum absolute atomic E-state index is 11.7. The van der Waals surface area contributed by atoms with Gasteiger partial charge in [0, 0.05) is 13.7 Å². The number of rotatable bonds is 6. The van der Waals surface area contributed by atoms with Crippen LogP contribution in [-0.4, -0.2) is 37.4 Å². The summed E-state index contributed by atoms with van der Waals surface area (Å²) in [6, 6.07) is 3.17. The van der Waals surface area contributed by atoms with Crippen LogP contribution in [0.25, 0.3) is 0 Å². The van der Waals surface area contributed by atoms with Gasteiger partial charge in [-0.3, -0.25) is 4.79 Å². The fraction of sp³-hybridized carbons (Fsp3) is 0.500. The molecule has 4 nitrogen and oxygen atoms in total. The monoisotopic (exact) mass is 263 g/mol. The van der Waals surface area contributed by atoms with Gasteiger partial charge in [-0.05, 0) is 18.6 Å². The first-order valence-electron chi connectivity index (χ1n) is 4.83. The first-order chi connectivity index (χ1) is 7.67. The molecular weight excluding hydrogens is 250 g/mol. The van der Waals surface area contributed by atoms with Gasteiger partial charge in [-0.15, -0.1) is 11.3 Å². The highest BCUT2D eigenvalue weighted by Gasteiger charge is 2.14. The van der Waals surface area contributed by atoms with Gasteiger partial charge in [0.25, 0.3) is 5.91 Å². The Hall–Kier alpha value is -0.620. The summed E-state index contributed by atoms with van der Waals surface area (Å²) < 4.78 is 5.53. The Morgan fingerprint density at radius 2 is 2.44 bits per heavy atom. The lowest BCUT2D eigenvalue weighted by molar-refractivity contribution is 0.0882. The van der Waals surface area contributed by atoms with Gasteiger partial charge in [0.2, 0.25) is 0 Å². The van der Waals surface area contributed by atoms with Crippen molar-refractivity contribution >= 4 is 28.8 Å². The molecule has 0 aliphatic heterocycles. The number of nitrogens with one attached hydrogen (secondary N) is 1. The fourth-order valence-electron chi connectivity index (χ4n) is 1.25. The van der Waals surface area contributed by atoms with E-state index in [9.17, 15) is 4.79 Å². The van der Waals surface area contributed by atoms with Crippen molar-refractivity contribution in [2.45, 2.75) is 12.5 Å². The molecular formula is C10H14ClNO3S. The quantitative estimate of drug-likeness (QED) is 0.818.